The molecule has 0 aliphatic rings. The molecule has 0 saturated heterocycles. The molecular weight excluding hydrogens is 272 g/mol. The number of aliphatic hydroxyl groups is 1. The molecule has 21 heavy (non-hydrogen) atoms. The van der Waals surface area contributed by atoms with Crippen LogP contribution < -0.4 is 10.6 Å². The van der Waals surface area contributed by atoms with Crippen molar-refractivity contribution in [1.29, 1.82) is 0 Å². The Balaban J connectivity index is 1.76. The van der Waals surface area contributed by atoms with Crippen LogP contribution in [0.4, 0.5) is 10.5 Å². The van der Waals surface area contributed by atoms with Gasteiger partial charge in [0.2, 0.25) is 5.89 Å². The number of carbonyl (C=O) groups excluding carboxylic acids is 1. The summed E-state index contributed by atoms with van der Waals surface area (Å²) in [7, 11) is 0. The molecule has 0 fully saturated rings. The van der Waals surface area contributed by atoms with E-state index >= 15 is 0 Å². The van der Waals surface area contributed by atoms with E-state index in [-0.39, 0.29) is 6.03 Å². The van der Waals surface area contributed by atoms with Gasteiger partial charge < -0.3 is 20.3 Å². The Morgan fingerprint density at radius 1 is 1.38 bits per heavy atom. The number of carbonyl (C=O) groups is 1. The second-order valence-corrected chi connectivity index (χ2v) is 4.66. The van der Waals surface area contributed by atoms with Gasteiger partial charge in [-0.3, -0.25) is 0 Å². The van der Waals surface area contributed by atoms with Gasteiger partial charge in [0.05, 0.1) is 6.10 Å². The molecule has 1 heterocycles. The largest absolute Gasteiger partial charge is 0.389 e. The number of amides is 2. The van der Waals surface area contributed by atoms with E-state index in [9.17, 15) is 9.90 Å². The van der Waals surface area contributed by atoms with Gasteiger partial charge in [-0.25, -0.2) is 4.79 Å². The Morgan fingerprint density at radius 2 is 2.10 bits per heavy atom. The molecule has 112 valence electrons. The summed E-state index contributed by atoms with van der Waals surface area (Å²) in [5.74, 6) is 1.07. The molecule has 1 unspecified atom stereocenters. The van der Waals surface area contributed by atoms with Gasteiger partial charge in [0.15, 0.2) is 5.82 Å². The van der Waals surface area contributed by atoms with Gasteiger partial charge in [0.25, 0.3) is 0 Å². The number of benzene rings is 1. The van der Waals surface area contributed by atoms with Crippen LogP contribution in [0, 0.1) is 6.92 Å². The maximum absolute atomic E-state index is 11.7. The van der Waals surface area contributed by atoms with E-state index in [0.717, 1.165) is 5.56 Å². The fourth-order valence-corrected chi connectivity index (χ4v) is 1.74. The van der Waals surface area contributed by atoms with E-state index in [0.29, 0.717) is 30.4 Å². The average molecular weight is 290 g/mol. The first-order valence-electron chi connectivity index (χ1n) is 6.66. The number of urea groups is 1. The summed E-state index contributed by atoms with van der Waals surface area (Å²) in [6, 6.07) is 6.70. The second kappa shape index (κ2) is 6.85. The molecule has 7 nitrogen and oxygen atoms in total. The number of rotatable bonds is 5. The molecule has 0 aliphatic carbocycles. The third-order valence-corrected chi connectivity index (χ3v) is 2.85. The predicted molar refractivity (Wildman–Crippen MR) is 76.8 cm³/mol. The van der Waals surface area contributed by atoms with E-state index in [1.165, 1.54) is 0 Å². The molecule has 0 bridgehead atoms. The molecule has 2 amide bonds. The first-order chi connectivity index (χ1) is 10.0. The summed E-state index contributed by atoms with van der Waals surface area (Å²) < 4.78 is 4.94. The quantitative estimate of drug-likeness (QED) is 0.779. The molecule has 0 radical (unpaired) electrons. The first-order valence-corrected chi connectivity index (χ1v) is 6.66. The van der Waals surface area contributed by atoms with Crippen LogP contribution in [0.5, 0.6) is 0 Å². The van der Waals surface area contributed by atoms with Crippen molar-refractivity contribution in [1.82, 2.24) is 15.5 Å². The van der Waals surface area contributed by atoms with Crippen molar-refractivity contribution in [3.8, 4) is 0 Å². The van der Waals surface area contributed by atoms with Crippen molar-refractivity contribution in [2.75, 3.05) is 11.9 Å². The molecule has 1 aromatic heterocycles. The van der Waals surface area contributed by atoms with Crippen LogP contribution in [0.15, 0.2) is 28.8 Å². The lowest BCUT2D eigenvalue weighted by Crippen LogP contribution is -2.30. The van der Waals surface area contributed by atoms with Gasteiger partial charge in [0.1, 0.15) is 0 Å². The van der Waals surface area contributed by atoms with Crippen LogP contribution in [-0.2, 0) is 6.42 Å². The van der Waals surface area contributed by atoms with Gasteiger partial charge in [-0.15, -0.1) is 0 Å². The third-order valence-electron chi connectivity index (χ3n) is 2.85. The number of nitrogens with zero attached hydrogens (tertiary/aromatic N) is 2. The molecule has 0 saturated carbocycles. The number of nitrogens with one attached hydrogen (secondary N) is 2. The normalized spacial score (nSPS) is 12.0. The topological polar surface area (TPSA) is 100 Å². The van der Waals surface area contributed by atoms with Crippen LogP contribution in [0.3, 0.4) is 0 Å². The zero-order valence-electron chi connectivity index (χ0n) is 12.0. The number of hydrogen-bond donors (Lipinski definition) is 3. The molecular formula is C14H18N4O3. The fraction of sp³-hybridized carbons (Fsp3) is 0.357. The van der Waals surface area contributed by atoms with Crippen molar-refractivity contribution in [2.24, 2.45) is 0 Å². The van der Waals surface area contributed by atoms with E-state index < -0.39 is 6.10 Å². The maximum atomic E-state index is 11.7. The summed E-state index contributed by atoms with van der Waals surface area (Å²) in [5, 5.41) is 18.5. The Hall–Kier alpha value is -2.41. The predicted octanol–water partition coefficient (Wildman–Crippen LogP) is 1.80. The van der Waals surface area contributed by atoms with Crippen molar-refractivity contribution in [2.45, 2.75) is 26.4 Å². The Labute approximate surface area is 122 Å². The zero-order chi connectivity index (χ0) is 15.2. The maximum Gasteiger partial charge on any atom is 0.319 e. The standard InChI is InChI=1S/C14H18N4O3/c1-9(19)11-3-5-12(6-4-11)17-14(20)15-8-7-13-16-10(2)18-21-13/h3-6,9,19H,7-8H2,1-2H3,(H2,15,17,20). The summed E-state index contributed by atoms with van der Waals surface area (Å²) in [6.07, 6.45) is -0.0411. The highest BCUT2D eigenvalue weighted by atomic mass is 16.5. The van der Waals surface area contributed by atoms with E-state index in [1.807, 2.05) is 0 Å². The molecule has 3 N–H and O–H groups in total. The highest BCUT2D eigenvalue weighted by molar-refractivity contribution is 5.89. The lowest BCUT2D eigenvalue weighted by atomic mass is 10.1. The third kappa shape index (κ3) is 4.57. The monoisotopic (exact) mass is 290 g/mol. The SMILES string of the molecule is Cc1noc(CCNC(=O)Nc2ccc(C(C)O)cc2)n1. The molecule has 2 aromatic rings. The van der Waals surface area contributed by atoms with Gasteiger partial charge in [0, 0.05) is 18.7 Å². The molecule has 7 heteroatoms. The first kappa shape index (κ1) is 15.0. The van der Waals surface area contributed by atoms with Crippen LogP contribution in [0.1, 0.15) is 30.3 Å². The van der Waals surface area contributed by atoms with Crippen molar-refractivity contribution >= 4 is 11.7 Å². The minimum absolute atomic E-state index is 0.309. The average Bonchev–Trinajstić information content (AvgIpc) is 2.85. The Morgan fingerprint density at radius 3 is 2.67 bits per heavy atom. The lowest BCUT2D eigenvalue weighted by molar-refractivity contribution is 0.199. The minimum Gasteiger partial charge on any atom is -0.389 e. The van der Waals surface area contributed by atoms with E-state index in [2.05, 4.69) is 20.8 Å². The van der Waals surface area contributed by atoms with E-state index in [4.69, 9.17) is 4.52 Å². The number of hydrogen-bond acceptors (Lipinski definition) is 5. The van der Waals surface area contributed by atoms with Gasteiger partial charge >= 0.3 is 6.03 Å². The van der Waals surface area contributed by atoms with Crippen LogP contribution >= 0.6 is 0 Å². The molecule has 0 aliphatic heterocycles. The Kier molecular flexibility index (Phi) is 4.89. The summed E-state index contributed by atoms with van der Waals surface area (Å²) in [5.41, 5.74) is 1.46. The summed E-state index contributed by atoms with van der Waals surface area (Å²) in [6.45, 7) is 3.83. The van der Waals surface area contributed by atoms with E-state index in [1.54, 1.807) is 38.1 Å². The van der Waals surface area contributed by atoms with Crippen LogP contribution in [0.2, 0.25) is 0 Å². The molecule has 0 spiro atoms. The lowest BCUT2D eigenvalue weighted by Gasteiger charge is -2.08. The van der Waals surface area contributed by atoms with Crippen molar-refractivity contribution in [3.63, 3.8) is 0 Å². The summed E-state index contributed by atoms with van der Waals surface area (Å²) in [4.78, 5) is 15.7. The van der Waals surface area contributed by atoms with Crippen molar-refractivity contribution < 1.29 is 14.4 Å². The molecule has 2 rings (SSSR count). The van der Waals surface area contributed by atoms with Gasteiger partial charge in [-0.2, -0.15) is 4.98 Å². The van der Waals surface area contributed by atoms with Crippen molar-refractivity contribution in [3.05, 3.63) is 41.5 Å². The number of anilines is 1. The minimum atomic E-state index is -0.522. The number of aromatic nitrogens is 2. The van der Waals surface area contributed by atoms with Gasteiger partial charge in [-0.1, -0.05) is 17.3 Å². The van der Waals surface area contributed by atoms with Crippen LogP contribution in [-0.4, -0.2) is 27.8 Å². The van der Waals surface area contributed by atoms with Gasteiger partial charge in [-0.05, 0) is 31.5 Å². The number of aryl methyl sites for hydroxylation is 1. The zero-order valence-corrected chi connectivity index (χ0v) is 12.0. The number of aliphatic hydroxyl groups excluding tert-OH is 1. The molecule has 1 atom stereocenters. The summed E-state index contributed by atoms with van der Waals surface area (Å²) >= 11 is 0. The highest BCUT2D eigenvalue weighted by Gasteiger charge is 2.05. The fourth-order valence-electron chi connectivity index (χ4n) is 1.74. The van der Waals surface area contributed by atoms with Crippen LogP contribution in [0.25, 0.3) is 0 Å². The Bertz CT molecular complexity index is 593. The highest BCUT2D eigenvalue weighted by Crippen LogP contribution is 2.15. The second-order valence-electron chi connectivity index (χ2n) is 4.66. The smallest absolute Gasteiger partial charge is 0.319 e. The molecule has 1 aromatic carbocycles.